The molecule has 0 aliphatic carbocycles. The topological polar surface area (TPSA) is 46.3 Å². The molecule has 0 radical (unpaired) electrons. The lowest BCUT2D eigenvalue weighted by molar-refractivity contribution is 0.0693. The number of benzene rings is 1. The highest BCUT2D eigenvalue weighted by Gasteiger charge is 2.21. The molecule has 118 valence electrons. The number of rotatable bonds is 7. The summed E-state index contributed by atoms with van der Waals surface area (Å²) in [6, 6.07) is 11.5. The molecule has 0 spiro atoms. The lowest BCUT2D eigenvalue weighted by atomic mass is 10.0. The summed E-state index contributed by atoms with van der Waals surface area (Å²) in [6.07, 6.45) is 2.15. The van der Waals surface area contributed by atoms with Crippen LogP contribution in [0.5, 0.6) is 0 Å². The second-order valence-corrected chi connectivity index (χ2v) is 5.47. The largest absolute Gasteiger partial charge is 0.350 e. The summed E-state index contributed by atoms with van der Waals surface area (Å²) in [6.45, 7) is 7.76. The number of carbonyl (C=O) groups excluding carboxylic acids is 1. The van der Waals surface area contributed by atoms with E-state index in [0.717, 1.165) is 24.9 Å². The van der Waals surface area contributed by atoms with E-state index in [1.807, 2.05) is 42.2 Å². The van der Waals surface area contributed by atoms with E-state index in [1.165, 1.54) is 0 Å². The highest BCUT2D eigenvalue weighted by molar-refractivity contribution is 5.92. The molecule has 4 heteroatoms. The van der Waals surface area contributed by atoms with Crippen LogP contribution in [-0.2, 0) is 0 Å². The van der Waals surface area contributed by atoms with Crippen molar-refractivity contribution >= 4 is 5.91 Å². The second kappa shape index (κ2) is 7.78. The average molecular weight is 300 g/mol. The van der Waals surface area contributed by atoms with Gasteiger partial charge >= 0.3 is 0 Å². The monoisotopic (exact) mass is 300 g/mol. The Morgan fingerprint density at radius 1 is 1.18 bits per heavy atom. The maximum atomic E-state index is 12.6. The van der Waals surface area contributed by atoms with Crippen molar-refractivity contribution in [3.8, 4) is 11.3 Å². The third-order valence-corrected chi connectivity index (χ3v) is 4.09. The van der Waals surface area contributed by atoms with Crippen LogP contribution in [0.1, 0.15) is 44.2 Å². The van der Waals surface area contributed by atoms with Crippen molar-refractivity contribution in [2.75, 3.05) is 13.1 Å². The molecule has 2 rings (SSSR count). The lowest BCUT2D eigenvalue weighted by Gasteiger charge is -2.24. The molecular weight excluding hydrogens is 276 g/mol. The van der Waals surface area contributed by atoms with Gasteiger partial charge in [0, 0.05) is 24.7 Å². The number of nitrogens with zero attached hydrogens (tertiary/aromatic N) is 2. The van der Waals surface area contributed by atoms with Gasteiger partial charge in [0.2, 0.25) is 5.76 Å². The first kappa shape index (κ1) is 16.3. The van der Waals surface area contributed by atoms with Crippen LogP contribution < -0.4 is 0 Å². The molecule has 0 atom stereocenters. The quantitative estimate of drug-likeness (QED) is 0.768. The molecule has 0 aliphatic rings. The van der Waals surface area contributed by atoms with Crippen molar-refractivity contribution in [2.45, 2.75) is 33.6 Å². The van der Waals surface area contributed by atoms with Crippen LogP contribution in [0.3, 0.4) is 0 Å². The predicted molar refractivity (Wildman–Crippen MR) is 87.6 cm³/mol. The second-order valence-electron chi connectivity index (χ2n) is 5.47. The number of hydrogen-bond acceptors (Lipinski definition) is 3. The Morgan fingerprint density at radius 2 is 1.86 bits per heavy atom. The van der Waals surface area contributed by atoms with Gasteiger partial charge in [-0.05, 0) is 12.8 Å². The summed E-state index contributed by atoms with van der Waals surface area (Å²) in [5, 5.41) is 4.02. The molecule has 1 aromatic carbocycles. The summed E-state index contributed by atoms with van der Waals surface area (Å²) in [4.78, 5) is 14.4. The summed E-state index contributed by atoms with van der Waals surface area (Å²) in [5.41, 5.74) is 1.65. The van der Waals surface area contributed by atoms with Crippen LogP contribution in [0.2, 0.25) is 0 Å². The van der Waals surface area contributed by atoms with Crippen molar-refractivity contribution in [1.29, 1.82) is 0 Å². The van der Waals surface area contributed by atoms with Crippen LogP contribution in [0.4, 0.5) is 0 Å². The Hall–Kier alpha value is -2.10. The molecule has 1 heterocycles. The van der Waals surface area contributed by atoms with Gasteiger partial charge in [0.1, 0.15) is 5.69 Å². The summed E-state index contributed by atoms with van der Waals surface area (Å²) in [5.74, 6) is 0.760. The predicted octanol–water partition coefficient (Wildman–Crippen LogP) is 4.24. The van der Waals surface area contributed by atoms with Crippen LogP contribution >= 0.6 is 0 Å². The smallest absolute Gasteiger partial charge is 0.292 e. The first-order chi connectivity index (χ1) is 10.7. The fourth-order valence-corrected chi connectivity index (χ4v) is 2.49. The van der Waals surface area contributed by atoms with Crippen molar-refractivity contribution in [3.63, 3.8) is 0 Å². The van der Waals surface area contributed by atoms with Crippen LogP contribution in [-0.4, -0.2) is 29.1 Å². The van der Waals surface area contributed by atoms with Gasteiger partial charge in [0.15, 0.2) is 0 Å². The molecule has 0 bridgehead atoms. The zero-order chi connectivity index (χ0) is 15.9. The molecule has 0 saturated carbocycles. The van der Waals surface area contributed by atoms with Gasteiger partial charge in [-0.3, -0.25) is 4.79 Å². The van der Waals surface area contributed by atoms with Crippen LogP contribution in [0, 0.1) is 5.92 Å². The summed E-state index contributed by atoms with van der Waals surface area (Å²) in [7, 11) is 0. The first-order valence-corrected chi connectivity index (χ1v) is 8.00. The number of carbonyl (C=O) groups is 1. The fraction of sp³-hybridized carbons (Fsp3) is 0.444. The molecule has 4 nitrogen and oxygen atoms in total. The molecule has 0 aliphatic heterocycles. The van der Waals surface area contributed by atoms with Gasteiger partial charge in [0.05, 0.1) is 0 Å². The number of hydrogen-bond donors (Lipinski definition) is 0. The average Bonchev–Trinajstić information content (AvgIpc) is 3.06. The maximum Gasteiger partial charge on any atom is 0.292 e. The van der Waals surface area contributed by atoms with E-state index in [2.05, 4.69) is 19.0 Å². The van der Waals surface area contributed by atoms with E-state index in [0.29, 0.717) is 23.9 Å². The minimum atomic E-state index is -0.0796. The van der Waals surface area contributed by atoms with E-state index < -0.39 is 0 Å². The molecule has 22 heavy (non-hydrogen) atoms. The van der Waals surface area contributed by atoms with E-state index in [1.54, 1.807) is 6.07 Å². The summed E-state index contributed by atoms with van der Waals surface area (Å²) < 4.78 is 5.27. The fourth-order valence-electron chi connectivity index (χ4n) is 2.49. The third-order valence-electron chi connectivity index (χ3n) is 4.09. The van der Waals surface area contributed by atoms with E-state index in [4.69, 9.17) is 4.52 Å². The van der Waals surface area contributed by atoms with E-state index >= 15 is 0 Å². The van der Waals surface area contributed by atoms with Crippen molar-refractivity contribution < 1.29 is 9.32 Å². The molecular formula is C18H24N2O2. The Labute approximate surface area is 132 Å². The summed E-state index contributed by atoms with van der Waals surface area (Å²) >= 11 is 0. The van der Waals surface area contributed by atoms with Crippen LogP contribution in [0.15, 0.2) is 40.9 Å². The Bertz CT molecular complexity index is 588. The molecule has 0 N–H and O–H groups in total. The standard InChI is InChI=1S/C18H24N2O2/c1-4-14(5-2)13-20(6-3)18(21)17-12-16(19-22-17)15-10-8-7-9-11-15/h7-12,14H,4-6,13H2,1-3H3. The SMILES string of the molecule is CCC(CC)CN(CC)C(=O)c1cc(-c2ccccc2)no1. The number of aromatic nitrogens is 1. The Morgan fingerprint density at radius 3 is 2.45 bits per heavy atom. The lowest BCUT2D eigenvalue weighted by Crippen LogP contribution is -2.34. The molecule has 1 amide bonds. The van der Waals surface area contributed by atoms with Crippen molar-refractivity contribution in [2.24, 2.45) is 5.92 Å². The molecule has 2 aromatic rings. The van der Waals surface area contributed by atoms with Gasteiger partial charge in [-0.15, -0.1) is 0 Å². The van der Waals surface area contributed by atoms with Gasteiger partial charge in [0.25, 0.3) is 5.91 Å². The van der Waals surface area contributed by atoms with Crippen molar-refractivity contribution in [1.82, 2.24) is 10.1 Å². The number of amides is 1. The Balaban J connectivity index is 2.13. The molecule has 0 saturated heterocycles. The van der Waals surface area contributed by atoms with E-state index in [9.17, 15) is 4.79 Å². The van der Waals surface area contributed by atoms with Crippen LogP contribution in [0.25, 0.3) is 11.3 Å². The van der Waals surface area contributed by atoms with Crippen molar-refractivity contribution in [3.05, 3.63) is 42.2 Å². The zero-order valence-electron chi connectivity index (χ0n) is 13.6. The van der Waals surface area contributed by atoms with Gasteiger partial charge < -0.3 is 9.42 Å². The minimum absolute atomic E-state index is 0.0796. The molecule has 0 fully saturated rings. The molecule has 0 unspecified atom stereocenters. The van der Waals surface area contributed by atoms with E-state index in [-0.39, 0.29) is 5.91 Å². The third kappa shape index (κ3) is 3.75. The van der Waals surface area contributed by atoms with Gasteiger partial charge in [-0.25, -0.2) is 0 Å². The van der Waals surface area contributed by atoms with Gasteiger partial charge in [-0.2, -0.15) is 0 Å². The maximum absolute atomic E-state index is 12.6. The Kier molecular flexibility index (Phi) is 5.75. The first-order valence-electron chi connectivity index (χ1n) is 8.00. The molecule has 1 aromatic heterocycles. The minimum Gasteiger partial charge on any atom is -0.350 e. The normalized spacial score (nSPS) is 10.9. The van der Waals surface area contributed by atoms with Gasteiger partial charge in [-0.1, -0.05) is 62.2 Å². The highest BCUT2D eigenvalue weighted by Crippen LogP contribution is 2.20. The zero-order valence-corrected chi connectivity index (χ0v) is 13.6. The highest BCUT2D eigenvalue weighted by atomic mass is 16.5.